The predicted octanol–water partition coefficient (Wildman–Crippen LogP) is 3.30. The molecule has 0 amide bonds. The summed E-state index contributed by atoms with van der Waals surface area (Å²) in [4.78, 5) is -0.253. The molecule has 0 radical (unpaired) electrons. The summed E-state index contributed by atoms with van der Waals surface area (Å²) in [5.41, 5.74) is 1.77. The molecule has 156 valence electrons. The van der Waals surface area contributed by atoms with Crippen LogP contribution in [0.4, 0.5) is 4.39 Å². The van der Waals surface area contributed by atoms with E-state index in [1.807, 2.05) is 13.0 Å². The van der Waals surface area contributed by atoms with Crippen LogP contribution < -0.4 is 4.72 Å². The minimum Gasteiger partial charge on any atom is -0.207 e. The Morgan fingerprint density at radius 1 is 1.27 bits per heavy atom. The van der Waals surface area contributed by atoms with Gasteiger partial charge in [-0.2, -0.15) is 15.2 Å². The maximum atomic E-state index is 14.7. The van der Waals surface area contributed by atoms with E-state index in [0.717, 1.165) is 5.56 Å². The number of nitrogens with one attached hydrogen (secondary N) is 2. The number of halogens is 2. The molecule has 2 N–H and O–H groups in total. The average Bonchev–Trinajstić information content (AvgIpc) is 3.23. The summed E-state index contributed by atoms with van der Waals surface area (Å²) in [6, 6.07) is 7.63. The average molecular weight is 449 g/mol. The van der Waals surface area contributed by atoms with Gasteiger partial charge in [-0.1, -0.05) is 29.8 Å². The van der Waals surface area contributed by atoms with Gasteiger partial charge in [-0.05, 0) is 54.8 Å². The molecular formula is C19H18ClFN6O2S. The van der Waals surface area contributed by atoms with E-state index in [4.69, 9.17) is 11.6 Å². The van der Waals surface area contributed by atoms with Crippen LogP contribution in [0.25, 0.3) is 0 Å². The standard InChI is InChI=1S/C19H18ClFN6O2S/c1-10-4-6-15(21)17(11(10)2)12(3)18(19-23-26-27-24-19)25-30(28,29)16-7-5-14(20)8-13(16)9-22/h4-8,12,18,25H,1-3H3,(H,23,24,26,27). The summed E-state index contributed by atoms with van der Waals surface area (Å²) in [5.74, 6) is -1.11. The second-order valence-corrected chi connectivity index (χ2v) is 8.93. The lowest BCUT2D eigenvalue weighted by atomic mass is 9.88. The van der Waals surface area contributed by atoms with Crippen molar-refractivity contribution in [2.75, 3.05) is 0 Å². The minimum atomic E-state index is -4.21. The molecule has 30 heavy (non-hydrogen) atoms. The number of benzene rings is 2. The normalized spacial score (nSPS) is 13.6. The summed E-state index contributed by atoms with van der Waals surface area (Å²) >= 11 is 5.87. The van der Waals surface area contributed by atoms with E-state index in [-0.39, 0.29) is 21.3 Å². The lowest BCUT2D eigenvalue weighted by Gasteiger charge is -2.25. The van der Waals surface area contributed by atoms with Crippen LogP contribution in [-0.2, 0) is 10.0 Å². The SMILES string of the molecule is Cc1ccc(F)c(C(C)C(NS(=O)(=O)c2ccc(Cl)cc2C#N)c2nn[nH]n2)c1C. The van der Waals surface area contributed by atoms with Gasteiger partial charge in [0.2, 0.25) is 10.0 Å². The van der Waals surface area contributed by atoms with E-state index in [2.05, 4.69) is 25.3 Å². The smallest absolute Gasteiger partial charge is 0.207 e. The summed E-state index contributed by atoms with van der Waals surface area (Å²) < 4.78 is 43.4. The van der Waals surface area contributed by atoms with Crippen molar-refractivity contribution >= 4 is 21.6 Å². The molecular weight excluding hydrogens is 431 g/mol. The first-order chi connectivity index (χ1) is 14.2. The fourth-order valence-electron chi connectivity index (χ4n) is 3.26. The number of hydrogen-bond acceptors (Lipinski definition) is 6. The number of aryl methyl sites for hydroxylation is 1. The summed E-state index contributed by atoms with van der Waals surface area (Å²) in [7, 11) is -4.21. The highest BCUT2D eigenvalue weighted by Gasteiger charge is 2.33. The van der Waals surface area contributed by atoms with Crippen LogP contribution >= 0.6 is 11.6 Å². The van der Waals surface area contributed by atoms with Crippen molar-refractivity contribution in [2.45, 2.75) is 37.6 Å². The van der Waals surface area contributed by atoms with Crippen LogP contribution in [0.2, 0.25) is 5.02 Å². The van der Waals surface area contributed by atoms with Gasteiger partial charge in [-0.3, -0.25) is 0 Å². The van der Waals surface area contributed by atoms with Gasteiger partial charge in [0.15, 0.2) is 5.82 Å². The second-order valence-electron chi connectivity index (χ2n) is 6.81. The van der Waals surface area contributed by atoms with Crippen molar-refractivity contribution in [3.63, 3.8) is 0 Å². The van der Waals surface area contributed by atoms with Gasteiger partial charge in [0.05, 0.1) is 16.5 Å². The van der Waals surface area contributed by atoms with E-state index in [1.165, 1.54) is 24.3 Å². The molecule has 2 aromatic carbocycles. The van der Waals surface area contributed by atoms with Gasteiger partial charge in [0.25, 0.3) is 0 Å². The summed E-state index contributed by atoms with van der Waals surface area (Å²) in [6.07, 6.45) is 0. The molecule has 1 aromatic heterocycles. The molecule has 2 unspecified atom stereocenters. The Morgan fingerprint density at radius 3 is 2.63 bits per heavy atom. The highest BCUT2D eigenvalue weighted by molar-refractivity contribution is 7.89. The van der Waals surface area contributed by atoms with Crippen LogP contribution in [-0.4, -0.2) is 29.0 Å². The van der Waals surface area contributed by atoms with E-state index in [0.29, 0.717) is 11.1 Å². The van der Waals surface area contributed by atoms with Crippen LogP contribution in [0.1, 0.15) is 47.0 Å². The zero-order chi connectivity index (χ0) is 22.1. The molecule has 2 atom stereocenters. The molecule has 0 saturated heterocycles. The molecule has 11 heteroatoms. The van der Waals surface area contributed by atoms with Gasteiger partial charge in [0, 0.05) is 10.9 Å². The molecule has 0 aliphatic carbocycles. The third-order valence-corrected chi connectivity index (χ3v) is 6.70. The predicted molar refractivity (Wildman–Crippen MR) is 108 cm³/mol. The number of sulfonamides is 1. The molecule has 0 fully saturated rings. The first-order valence-electron chi connectivity index (χ1n) is 8.86. The first-order valence-corrected chi connectivity index (χ1v) is 10.7. The largest absolute Gasteiger partial charge is 0.242 e. The number of nitrogens with zero attached hydrogens (tertiary/aromatic N) is 4. The Bertz CT molecular complexity index is 1220. The Kier molecular flexibility index (Phi) is 6.17. The van der Waals surface area contributed by atoms with Gasteiger partial charge < -0.3 is 0 Å². The summed E-state index contributed by atoms with van der Waals surface area (Å²) in [6.45, 7) is 5.27. The fraction of sp³-hybridized carbons (Fsp3) is 0.263. The lowest BCUT2D eigenvalue weighted by molar-refractivity contribution is 0.478. The molecule has 3 rings (SSSR count). The van der Waals surface area contributed by atoms with Crippen molar-refractivity contribution < 1.29 is 12.8 Å². The molecule has 0 saturated carbocycles. The van der Waals surface area contributed by atoms with Crippen LogP contribution in [0, 0.1) is 31.0 Å². The highest BCUT2D eigenvalue weighted by Crippen LogP contribution is 2.35. The van der Waals surface area contributed by atoms with E-state index < -0.39 is 27.8 Å². The van der Waals surface area contributed by atoms with Crippen LogP contribution in [0.15, 0.2) is 35.2 Å². The van der Waals surface area contributed by atoms with Crippen molar-refractivity contribution in [1.82, 2.24) is 25.3 Å². The molecule has 3 aromatic rings. The van der Waals surface area contributed by atoms with E-state index >= 15 is 0 Å². The van der Waals surface area contributed by atoms with Gasteiger partial charge >= 0.3 is 0 Å². The van der Waals surface area contributed by atoms with Crippen molar-refractivity contribution in [3.05, 3.63) is 69.2 Å². The van der Waals surface area contributed by atoms with Gasteiger partial charge in [-0.15, -0.1) is 10.2 Å². The number of nitriles is 1. The third-order valence-electron chi connectivity index (χ3n) is 4.96. The van der Waals surface area contributed by atoms with Crippen LogP contribution in [0.5, 0.6) is 0 Å². The van der Waals surface area contributed by atoms with E-state index in [1.54, 1.807) is 19.9 Å². The second kappa shape index (κ2) is 8.47. The number of tetrazole rings is 1. The van der Waals surface area contributed by atoms with Crippen molar-refractivity contribution in [1.29, 1.82) is 5.26 Å². The maximum absolute atomic E-state index is 14.7. The number of aromatic amines is 1. The third kappa shape index (κ3) is 4.18. The first kappa shape index (κ1) is 21.8. The maximum Gasteiger partial charge on any atom is 0.242 e. The Morgan fingerprint density at radius 2 is 2.00 bits per heavy atom. The number of aromatic nitrogens is 4. The zero-order valence-corrected chi connectivity index (χ0v) is 17.9. The summed E-state index contributed by atoms with van der Waals surface area (Å²) in [5, 5.41) is 23.1. The number of hydrogen-bond donors (Lipinski definition) is 2. The van der Waals surface area contributed by atoms with Gasteiger partial charge in [0.1, 0.15) is 11.9 Å². The molecule has 0 aliphatic heterocycles. The fourth-order valence-corrected chi connectivity index (χ4v) is 4.85. The van der Waals surface area contributed by atoms with Crippen molar-refractivity contribution in [3.8, 4) is 6.07 Å². The Hall–Kier alpha value is -2.87. The highest BCUT2D eigenvalue weighted by atomic mass is 35.5. The van der Waals surface area contributed by atoms with Gasteiger partial charge in [-0.25, -0.2) is 12.8 Å². The lowest BCUT2D eigenvalue weighted by Crippen LogP contribution is -2.33. The number of rotatable bonds is 6. The number of H-pyrrole nitrogens is 1. The molecule has 0 aliphatic rings. The topological polar surface area (TPSA) is 124 Å². The Balaban J connectivity index is 2.09. The monoisotopic (exact) mass is 448 g/mol. The molecule has 0 spiro atoms. The quantitative estimate of drug-likeness (QED) is 0.596. The minimum absolute atomic E-state index is 0.0406. The van der Waals surface area contributed by atoms with Crippen LogP contribution in [0.3, 0.4) is 0 Å². The molecule has 0 bridgehead atoms. The van der Waals surface area contributed by atoms with E-state index in [9.17, 15) is 18.1 Å². The molecule has 1 heterocycles. The molecule has 8 nitrogen and oxygen atoms in total. The van der Waals surface area contributed by atoms with Crippen molar-refractivity contribution in [2.24, 2.45) is 0 Å². The Labute approximate surface area is 178 Å². The zero-order valence-electron chi connectivity index (χ0n) is 16.3.